The summed E-state index contributed by atoms with van der Waals surface area (Å²) in [5.41, 5.74) is 3.96. The molecule has 4 aromatic rings. The van der Waals surface area contributed by atoms with Crippen LogP contribution in [0.5, 0.6) is 11.5 Å². The van der Waals surface area contributed by atoms with Gasteiger partial charge in [-0.2, -0.15) is 0 Å². The van der Waals surface area contributed by atoms with Crippen LogP contribution in [-0.4, -0.2) is 47.3 Å². The van der Waals surface area contributed by atoms with E-state index in [4.69, 9.17) is 4.74 Å². The van der Waals surface area contributed by atoms with E-state index in [1.807, 2.05) is 71.6 Å². The number of rotatable bonds is 6. The van der Waals surface area contributed by atoms with Crippen LogP contribution < -0.4 is 15.0 Å². The molecule has 0 atom stereocenters. The lowest BCUT2D eigenvalue weighted by Crippen LogP contribution is -2.50. The number of hydrogen-bond donors (Lipinski definition) is 1. The molecule has 36 heavy (non-hydrogen) atoms. The van der Waals surface area contributed by atoms with Crippen LogP contribution in [0.15, 0.2) is 91.0 Å². The number of para-hydroxylation sites is 1. The van der Waals surface area contributed by atoms with Crippen LogP contribution in [-0.2, 0) is 6.42 Å². The lowest BCUT2D eigenvalue weighted by molar-refractivity contribution is 0.208. The van der Waals surface area contributed by atoms with Crippen molar-refractivity contribution in [3.63, 3.8) is 0 Å². The third kappa shape index (κ3) is 5.63. The standard InChI is InChI=1S/C29H29N5O2/c1-2-22-8-10-23(11-9-22)27-16-17-28(32-31-27)33-18-20-34(21-19-33)29(35)30-24-12-14-26(15-13-24)36-25-6-4-3-5-7-25/h3-17H,2,18-21H2,1H3,(H,30,35). The Bertz CT molecular complexity index is 1270. The Labute approximate surface area is 211 Å². The molecule has 182 valence electrons. The van der Waals surface area contributed by atoms with E-state index in [-0.39, 0.29) is 6.03 Å². The number of piperazine rings is 1. The van der Waals surface area contributed by atoms with Crippen LogP contribution in [0.3, 0.4) is 0 Å². The number of carbonyl (C=O) groups is 1. The summed E-state index contributed by atoms with van der Waals surface area (Å²) >= 11 is 0. The number of ether oxygens (including phenoxy) is 1. The number of aryl methyl sites for hydroxylation is 1. The zero-order valence-electron chi connectivity index (χ0n) is 20.3. The summed E-state index contributed by atoms with van der Waals surface area (Å²) in [5.74, 6) is 2.33. The Balaban J connectivity index is 1.12. The minimum Gasteiger partial charge on any atom is -0.457 e. The molecule has 0 aliphatic carbocycles. The number of aromatic nitrogens is 2. The maximum Gasteiger partial charge on any atom is 0.321 e. The molecular formula is C29H29N5O2. The number of amides is 2. The van der Waals surface area contributed by atoms with Crippen molar-refractivity contribution in [2.24, 2.45) is 0 Å². The summed E-state index contributed by atoms with van der Waals surface area (Å²) in [6, 6.07) is 29.3. The second-order valence-electron chi connectivity index (χ2n) is 8.67. The SMILES string of the molecule is CCc1ccc(-c2ccc(N3CCN(C(=O)Nc4ccc(Oc5ccccc5)cc4)CC3)nn2)cc1. The second-order valence-corrected chi connectivity index (χ2v) is 8.67. The monoisotopic (exact) mass is 479 g/mol. The number of nitrogens with zero attached hydrogens (tertiary/aromatic N) is 4. The van der Waals surface area contributed by atoms with Gasteiger partial charge in [0.2, 0.25) is 0 Å². The number of carbonyl (C=O) groups excluding carboxylic acids is 1. The van der Waals surface area contributed by atoms with E-state index < -0.39 is 0 Å². The molecule has 2 heterocycles. The van der Waals surface area contributed by atoms with Crippen molar-refractivity contribution in [2.45, 2.75) is 13.3 Å². The highest BCUT2D eigenvalue weighted by molar-refractivity contribution is 5.89. The highest BCUT2D eigenvalue weighted by atomic mass is 16.5. The first-order valence-corrected chi connectivity index (χ1v) is 12.2. The summed E-state index contributed by atoms with van der Waals surface area (Å²) in [4.78, 5) is 16.8. The Morgan fingerprint density at radius 2 is 1.50 bits per heavy atom. The molecule has 1 aliphatic heterocycles. The third-order valence-corrected chi connectivity index (χ3v) is 6.28. The molecule has 0 unspecified atom stereocenters. The van der Waals surface area contributed by atoms with Gasteiger partial charge in [0.1, 0.15) is 11.5 Å². The van der Waals surface area contributed by atoms with E-state index in [0.717, 1.165) is 40.7 Å². The molecule has 3 aromatic carbocycles. The van der Waals surface area contributed by atoms with Gasteiger partial charge in [0.25, 0.3) is 0 Å². The van der Waals surface area contributed by atoms with Crippen molar-refractivity contribution in [3.8, 4) is 22.8 Å². The smallest absolute Gasteiger partial charge is 0.321 e. The van der Waals surface area contributed by atoms with Gasteiger partial charge in [-0.15, -0.1) is 10.2 Å². The maximum atomic E-state index is 12.8. The zero-order chi connectivity index (χ0) is 24.7. The predicted octanol–water partition coefficient (Wildman–Crippen LogP) is 5.85. The zero-order valence-corrected chi connectivity index (χ0v) is 20.3. The summed E-state index contributed by atoms with van der Waals surface area (Å²) < 4.78 is 5.81. The lowest BCUT2D eigenvalue weighted by atomic mass is 10.1. The van der Waals surface area contributed by atoms with Gasteiger partial charge >= 0.3 is 6.03 Å². The summed E-state index contributed by atoms with van der Waals surface area (Å²) in [6.45, 7) is 4.78. The number of nitrogens with one attached hydrogen (secondary N) is 1. The first-order chi connectivity index (χ1) is 17.7. The molecule has 1 N–H and O–H groups in total. The Kier molecular flexibility index (Phi) is 7.07. The highest BCUT2D eigenvalue weighted by Gasteiger charge is 2.22. The van der Waals surface area contributed by atoms with Gasteiger partial charge in [-0.3, -0.25) is 0 Å². The first kappa shape index (κ1) is 23.4. The molecular weight excluding hydrogens is 450 g/mol. The summed E-state index contributed by atoms with van der Waals surface area (Å²) in [7, 11) is 0. The van der Waals surface area contributed by atoms with Crippen LogP contribution >= 0.6 is 0 Å². The van der Waals surface area contributed by atoms with Gasteiger partial charge in [-0.05, 0) is 60.5 Å². The van der Waals surface area contributed by atoms with Crippen LogP contribution in [0, 0.1) is 0 Å². The van der Waals surface area contributed by atoms with E-state index in [2.05, 4.69) is 51.6 Å². The van der Waals surface area contributed by atoms with Crippen molar-refractivity contribution < 1.29 is 9.53 Å². The Hall–Kier alpha value is -4.39. The van der Waals surface area contributed by atoms with E-state index >= 15 is 0 Å². The number of benzene rings is 3. The van der Waals surface area contributed by atoms with Gasteiger partial charge in [0.15, 0.2) is 5.82 Å². The summed E-state index contributed by atoms with van der Waals surface area (Å²) in [5, 5.41) is 11.8. The van der Waals surface area contributed by atoms with Crippen LogP contribution in [0.2, 0.25) is 0 Å². The van der Waals surface area contributed by atoms with E-state index in [0.29, 0.717) is 26.2 Å². The molecule has 0 spiro atoms. The minimum atomic E-state index is -0.108. The average molecular weight is 480 g/mol. The van der Waals surface area contributed by atoms with Crippen LogP contribution in [0.1, 0.15) is 12.5 Å². The third-order valence-electron chi connectivity index (χ3n) is 6.28. The van der Waals surface area contributed by atoms with Crippen molar-refractivity contribution >= 4 is 17.5 Å². The van der Waals surface area contributed by atoms with Crippen LogP contribution in [0.25, 0.3) is 11.3 Å². The molecule has 7 nitrogen and oxygen atoms in total. The number of urea groups is 1. The average Bonchev–Trinajstić information content (AvgIpc) is 2.95. The van der Waals surface area contributed by atoms with Gasteiger partial charge in [0, 0.05) is 37.4 Å². The molecule has 7 heteroatoms. The fourth-order valence-electron chi connectivity index (χ4n) is 4.13. The predicted molar refractivity (Wildman–Crippen MR) is 143 cm³/mol. The van der Waals surface area contributed by atoms with E-state index in [1.165, 1.54) is 5.56 Å². The number of hydrogen-bond acceptors (Lipinski definition) is 5. The minimum absolute atomic E-state index is 0.108. The molecule has 2 amide bonds. The summed E-state index contributed by atoms with van der Waals surface area (Å²) in [6.07, 6.45) is 1.02. The molecule has 0 saturated carbocycles. The highest BCUT2D eigenvalue weighted by Crippen LogP contribution is 2.23. The molecule has 0 radical (unpaired) electrons. The van der Waals surface area contributed by atoms with Gasteiger partial charge < -0.3 is 19.9 Å². The van der Waals surface area contributed by atoms with Gasteiger partial charge in [-0.1, -0.05) is 49.4 Å². The van der Waals surface area contributed by atoms with Crippen molar-refractivity contribution in [1.29, 1.82) is 0 Å². The quantitative estimate of drug-likeness (QED) is 0.376. The number of anilines is 2. The molecule has 5 rings (SSSR count). The van der Waals surface area contributed by atoms with E-state index in [9.17, 15) is 4.79 Å². The van der Waals surface area contributed by atoms with Crippen molar-refractivity contribution in [3.05, 3.63) is 96.6 Å². The molecule has 1 aromatic heterocycles. The fraction of sp³-hybridized carbons (Fsp3) is 0.207. The Morgan fingerprint density at radius 1 is 0.806 bits per heavy atom. The lowest BCUT2D eigenvalue weighted by Gasteiger charge is -2.35. The normalized spacial score (nSPS) is 13.4. The van der Waals surface area contributed by atoms with Crippen molar-refractivity contribution in [2.75, 3.05) is 36.4 Å². The second kappa shape index (κ2) is 10.9. The Morgan fingerprint density at radius 3 is 2.14 bits per heavy atom. The largest absolute Gasteiger partial charge is 0.457 e. The maximum absolute atomic E-state index is 12.8. The van der Waals surface area contributed by atoms with Crippen LogP contribution in [0.4, 0.5) is 16.3 Å². The molecule has 1 saturated heterocycles. The van der Waals surface area contributed by atoms with Gasteiger partial charge in [-0.25, -0.2) is 4.79 Å². The molecule has 0 bridgehead atoms. The van der Waals surface area contributed by atoms with E-state index in [1.54, 1.807) is 0 Å². The van der Waals surface area contributed by atoms with Gasteiger partial charge in [0.05, 0.1) is 5.69 Å². The van der Waals surface area contributed by atoms with Crippen molar-refractivity contribution in [1.82, 2.24) is 15.1 Å². The fourth-order valence-corrected chi connectivity index (χ4v) is 4.13. The topological polar surface area (TPSA) is 70.6 Å². The molecule has 1 fully saturated rings. The first-order valence-electron chi connectivity index (χ1n) is 12.2. The molecule has 1 aliphatic rings.